The van der Waals surface area contributed by atoms with Crippen molar-refractivity contribution in [1.82, 2.24) is 5.32 Å². The number of halogens is 2. The van der Waals surface area contributed by atoms with Crippen LogP contribution in [0.2, 0.25) is 5.02 Å². The summed E-state index contributed by atoms with van der Waals surface area (Å²) in [6.45, 7) is 2.19. The van der Waals surface area contributed by atoms with Crippen molar-refractivity contribution in [3.05, 3.63) is 77.1 Å². The highest BCUT2D eigenvalue weighted by atomic mass is 35.5. The molecule has 6 heteroatoms. The third-order valence-electron chi connectivity index (χ3n) is 4.26. The number of rotatable bonds is 8. The van der Waals surface area contributed by atoms with Crippen molar-refractivity contribution in [2.24, 2.45) is 0 Å². The largest absolute Gasteiger partial charge is 0.481 e. The number of carbonyl (C=O) groups is 1. The Morgan fingerprint density at radius 2 is 1.93 bits per heavy atom. The zero-order chi connectivity index (χ0) is 19.9. The fraction of sp³-hybridized carbons (Fsp3) is 0.227. The molecule has 0 fully saturated rings. The standard InChI is InChI=1S/C22H21ClFNO2S/c1-15(27-18-10-9-16-5-2-3-6-17(16)13-18)22(26)25-11-12-28-14-19-20(23)7-4-8-21(19)24/h2-10,13,15H,11-12,14H2,1H3,(H,25,26). The SMILES string of the molecule is CC(Oc1ccc2ccccc2c1)C(=O)NCCSCc1c(F)cccc1Cl. The minimum absolute atomic E-state index is 0.183. The first-order chi connectivity index (χ1) is 13.5. The lowest BCUT2D eigenvalue weighted by Gasteiger charge is -2.15. The highest BCUT2D eigenvalue weighted by Crippen LogP contribution is 2.24. The van der Waals surface area contributed by atoms with E-state index in [0.717, 1.165) is 10.8 Å². The first-order valence-corrected chi connectivity index (χ1v) is 10.5. The van der Waals surface area contributed by atoms with Crippen LogP contribution >= 0.6 is 23.4 Å². The van der Waals surface area contributed by atoms with Gasteiger partial charge in [0.05, 0.1) is 0 Å². The van der Waals surface area contributed by atoms with E-state index in [-0.39, 0.29) is 11.7 Å². The Labute approximate surface area is 173 Å². The Morgan fingerprint density at radius 1 is 1.14 bits per heavy atom. The number of thioether (sulfide) groups is 1. The lowest BCUT2D eigenvalue weighted by atomic mass is 10.1. The van der Waals surface area contributed by atoms with Gasteiger partial charge in [0.1, 0.15) is 11.6 Å². The van der Waals surface area contributed by atoms with E-state index in [1.165, 1.54) is 17.8 Å². The Hall–Kier alpha value is -2.24. The minimum atomic E-state index is -0.604. The Kier molecular flexibility index (Phi) is 7.18. The number of hydrogen-bond donors (Lipinski definition) is 1. The van der Waals surface area contributed by atoms with Crippen LogP contribution in [0.1, 0.15) is 12.5 Å². The maximum absolute atomic E-state index is 13.7. The second-order valence-electron chi connectivity index (χ2n) is 6.31. The lowest BCUT2D eigenvalue weighted by molar-refractivity contribution is -0.127. The predicted molar refractivity (Wildman–Crippen MR) is 115 cm³/mol. The van der Waals surface area contributed by atoms with E-state index in [1.807, 2.05) is 42.5 Å². The molecule has 28 heavy (non-hydrogen) atoms. The van der Waals surface area contributed by atoms with Gasteiger partial charge >= 0.3 is 0 Å². The molecule has 1 unspecified atom stereocenters. The number of fused-ring (bicyclic) bond motifs is 1. The lowest BCUT2D eigenvalue weighted by Crippen LogP contribution is -2.37. The summed E-state index contributed by atoms with van der Waals surface area (Å²) in [5, 5.41) is 5.46. The van der Waals surface area contributed by atoms with Crippen molar-refractivity contribution in [2.45, 2.75) is 18.8 Å². The van der Waals surface area contributed by atoms with E-state index in [2.05, 4.69) is 5.32 Å². The summed E-state index contributed by atoms with van der Waals surface area (Å²) < 4.78 is 19.5. The summed E-state index contributed by atoms with van der Waals surface area (Å²) >= 11 is 7.52. The molecule has 3 aromatic carbocycles. The Balaban J connectivity index is 1.42. The summed E-state index contributed by atoms with van der Waals surface area (Å²) in [6, 6.07) is 18.4. The van der Waals surface area contributed by atoms with Crippen molar-refractivity contribution >= 4 is 40.0 Å². The number of ether oxygens (including phenoxy) is 1. The number of carbonyl (C=O) groups excluding carboxylic acids is 1. The molecule has 0 heterocycles. The van der Waals surface area contributed by atoms with Gasteiger partial charge in [-0.25, -0.2) is 4.39 Å². The van der Waals surface area contributed by atoms with Gasteiger partial charge in [-0.3, -0.25) is 4.79 Å². The van der Waals surface area contributed by atoms with Gasteiger partial charge in [-0.2, -0.15) is 11.8 Å². The van der Waals surface area contributed by atoms with Gasteiger partial charge in [-0.15, -0.1) is 0 Å². The summed E-state index contributed by atoms with van der Waals surface area (Å²) in [5.74, 6) is 1.29. The van der Waals surface area contributed by atoms with Crippen molar-refractivity contribution in [3.8, 4) is 5.75 Å². The first kappa shape index (κ1) is 20.5. The molecule has 0 aromatic heterocycles. The normalized spacial score (nSPS) is 12.0. The molecule has 0 saturated carbocycles. The van der Waals surface area contributed by atoms with Gasteiger partial charge in [0.15, 0.2) is 6.10 Å². The number of hydrogen-bond acceptors (Lipinski definition) is 3. The van der Waals surface area contributed by atoms with Crippen LogP contribution < -0.4 is 10.1 Å². The average molecular weight is 418 g/mol. The van der Waals surface area contributed by atoms with Crippen LogP contribution in [0.3, 0.4) is 0 Å². The predicted octanol–water partition coefficient (Wildman–Crippen LogP) is 5.45. The van der Waals surface area contributed by atoms with Gasteiger partial charge in [0, 0.05) is 28.6 Å². The molecule has 1 N–H and O–H groups in total. The second-order valence-corrected chi connectivity index (χ2v) is 7.83. The smallest absolute Gasteiger partial charge is 0.260 e. The van der Waals surface area contributed by atoms with Crippen LogP contribution in [0.5, 0.6) is 5.75 Å². The van der Waals surface area contributed by atoms with E-state index in [4.69, 9.17) is 16.3 Å². The third-order valence-corrected chi connectivity index (χ3v) is 5.60. The third kappa shape index (κ3) is 5.40. The van der Waals surface area contributed by atoms with Gasteiger partial charge in [0.25, 0.3) is 5.91 Å². The highest BCUT2D eigenvalue weighted by molar-refractivity contribution is 7.98. The quantitative estimate of drug-likeness (QED) is 0.495. The zero-order valence-corrected chi connectivity index (χ0v) is 17.0. The Morgan fingerprint density at radius 3 is 2.71 bits per heavy atom. The molecule has 0 radical (unpaired) electrons. The van der Waals surface area contributed by atoms with E-state index in [1.54, 1.807) is 19.1 Å². The van der Waals surface area contributed by atoms with E-state index < -0.39 is 6.10 Å². The summed E-state index contributed by atoms with van der Waals surface area (Å²) in [4.78, 5) is 12.2. The average Bonchev–Trinajstić information content (AvgIpc) is 2.69. The molecule has 0 aliphatic carbocycles. The second kappa shape index (κ2) is 9.80. The van der Waals surface area contributed by atoms with Crippen LogP contribution in [0.25, 0.3) is 10.8 Å². The molecule has 0 aliphatic rings. The van der Waals surface area contributed by atoms with E-state index in [9.17, 15) is 9.18 Å². The molecule has 1 atom stereocenters. The molecule has 3 rings (SSSR count). The first-order valence-electron chi connectivity index (χ1n) is 8.98. The fourth-order valence-corrected chi connectivity index (χ4v) is 3.93. The van der Waals surface area contributed by atoms with Crippen LogP contribution in [0.15, 0.2) is 60.7 Å². The van der Waals surface area contributed by atoms with Crippen LogP contribution in [0, 0.1) is 5.82 Å². The monoisotopic (exact) mass is 417 g/mol. The number of nitrogens with one attached hydrogen (secondary N) is 1. The molecule has 0 spiro atoms. The molecular weight excluding hydrogens is 397 g/mol. The van der Waals surface area contributed by atoms with E-state index in [0.29, 0.717) is 34.4 Å². The number of benzene rings is 3. The minimum Gasteiger partial charge on any atom is -0.481 e. The zero-order valence-electron chi connectivity index (χ0n) is 15.5. The number of amides is 1. The van der Waals surface area contributed by atoms with Gasteiger partial charge in [0.2, 0.25) is 0 Å². The Bertz CT molecular complexity index is 946. The van der Waals surface area contributed by atoms with Gasteiger partial charge in [-0.05, 0) is 42.0 Å². The summed E-state index contributed by atoms with van der Waals surface area (Å²) in [6.07, 6.45) is -0.604. The molecule has 0 saturated heterocycles. The molecule has 0 aliphatic heterocycles. The fourth-order valence-electron chi connectivity index (χ4n) is 2.73. The van der Waals surface area contributed by atoms with Gasteiger partial charge < -0.3 is 10.1 Å². The van der Waals surface area contributed by atoms with Crippen molar-refractivity contribution in [3.63, 3.8) is 0 Å². The van der Waals surface area contributed by atoms with Crippen LogP contribution in [0.4, 0.5) is 4.39 Å². The summed E-state index contributed by atoms with van der Waals surface area (Å²) in [7, 11) is 0. The maximum Gasteiger partial charge on any atom is 0.260 e. The molecule has 3 nitrogen and oxygen atoms in total. The topological polar surface area (TPSA) is 38.3 Å². The van der Waals surface area contributed by atoms with Crippen LogP contribution in [-0.2, 0) is 10.5 Å². The van der Waals surface area contributed by atoms with Crippen molar-refractivity contribution in [2.75, 3.05) is 12.3 Å². The van der Waals surface area contributed by atoms with Crippen molar-refractivity contribution in [1.29, 1.82) is 0 Å². The molecule has 146 valence electrons. The molecule has 0 bridgehead atoms. The van der Waals surface area contributed by atoms with Crippen LogP contribution in [-0.4, -0.2) is 24.3 Å². The maximum atomic E-state index is 13.7. The highest BCUT2D eigenvalue weighted by Gasteiger charge is 2.14. The summed E-state index contributed by atoms with van der Waals surface area (Å²) in [5.41, 5.74) is 0.494. The molecule has 1 amide bonds. The molecular formula is C22H21ClFNO2S. The van der Waals surface area contributed by atoms with Gasteiger partial charge in [-0.1, -0.05) is 48.0 Å². The molecule has 3 aromatic rings. The van der Waals surface area contributed by atoms with Crippen molar-refractivity contribution < 1.29 is 13.9 Å². The van der Waals surface area contributed by atoms with E-state index >= 15 is 0 Å².